The van der Waals surface area contributed by atoms with Gasteiger partial charge >= 0.3 is 6.01 Å². The second kappa shape index (κ2) is 5.81. The molecule has 0 aliphatic rings. The van der Waals surface area contributed by atoms with E-state index in [2.05, 4.69) is 20.3 Å². The molecular formula is C12H12F3N5O. The molecule has 2 rings (SSSR count). The van der Waals surface area contributed by atoms with Gasteiger partial charge in [0, 0.05) is 17.8 Å². The van der Waals surface area contributed by atoms with Gasteiger partial charge in [0.15, 0.2) is 17.5 Å². The summed E-state index contributed by atoms with van der Waals surface area (Å²) in [6.07, 6.45) is -0.194. The first-order valence-corrected chi connectivity index (χ1v) is 5.95. The number of hydrogen-bond donors (Lipinski definition) is 2. The van der Waals surface area contributed by atoms with Gasteiger partial charge in [-0.15, -0.1) is 0 Å². The maximum atomic E-state index is 13.1. The molecule has 112 valence electrons. The van der Waals surface area contributed by atoms with Crippen LogP contribution in [0, 0.1) is 17.5 Å². The fourth-order valence-electron chi connectivity index (χ4n) is 1.45. The van der Waals surface area contributed by atoms with E-state index in [1.54, 1.807) is 13.8 Å². The minimum atomic E-state index is -1.56. The monoisotopic (exact) mass is 299 g/mol. The molecule has 0 saturated carbocycles. The number of anilines is 3. The number of ether oxygens (including phenoxy) is 1. The maximum absolute atomic E-state index is 13.1. The van der Waals surface area contributed by atoms with Gasteiger partial charge in [-0.3, -0.25) is 0 Å². The van der Waals surface area contributed by atoms with Crippen molar-refractivity contribution in [2.75, 3.05) is 11.1 Å². The van der Waals surface area contributed by atoms with Gasteiger partial charge in [0.25, 0.3) is 0 Å². The fraction of sp³-hybridized carbons (Fsp3) is 0.250. The van der Waals surface area contributed by atoms with Crippen LogP contribution in [0.5, 0.6) is 6.01 Å². The molecule has 0 unspecified atom stereocenters. The summed E-state index contributed by atoms with van der Waals surface area (Å²) in [6, 6.07) is 1.49. The van der Waals surface area contributed by atoms with E-state index in [0.717, 1.165) is 12.1 Å². The summed E-state index contributed by atoms with van der Waals surface area (Å²) < 4.78 is 44.3. The molecule has 0 spiro atoms. The Morgan fingerprint density at radius 3 is 2.29 bits per heavy atom. The Labute approximate surface area is 118 Å². The van der Waals surface area contributed by atoms with Gasteiger partial charge in [0.1, 0.15) is 0 Å². The zero-order chi connectivity index (χ0) is 15.6. The zero-order valence-corrected chi connectivity index (χ0v) is 11.2. The number of aromatic nitrogens is 3. The van der Waals surface area contributed by atoms with Crippen molar-refractivity contribution < 1.29 is 17.9 Å². The maximum Gasteiger partial charge on any atom is 0.323 e. The lowest BCUT2D eigenvalue weighted by Crippen LogP contribution is -2.12. The van der Waals surface area contributed by atoms with E-state index < -0.39 is 17.5 Å². The van der Waals surface area contributed by atoms with E-state index >= 15 is 0 Å². The Kier molecular flexibility index (Phi) is 4.10. The highest BCUT2D eigenvalue weighted by Gasteiger charge is 2.12. The van der Waals surface area contributed by atoms with Gasteiger partial charge in [-0.25, -0.2) is 13.2 Å². The highest BCUT2D eigenvalue weighted by Crippen LogP contribution is 2.21. The van der Waals surface area contributed by atoms with E-state index in [1.165, 1.54) is 0 Å². The lowest BCUT2D eigenvalue weighted by molar-refractivity contribution is 0.222. The average Bonchev–Trinajstić information content (AvgIpc) is 2.34. The Hall–Kier alpha value is -2.58. The molecule has 2 aromatic rings. The highest BCUT2D eigenvalue weighted by atomic mass is 19.2. The number of nitrogens with one attached hydrogen (secondary N) is 1. The summed E-state index contributed by atoms with van der Waals surface area (Å²) in [5, 5.41) is 2.50. The van der Waals surface area contributed by atoms with Gasteiger partial charge in [0.2, 0.25) is 11.9 Å². The Morgan fingerprint density at radius 1 is 1.10 bits per heavy atom. The minimum Gasteiger partial charge on any atom is -0.461 e. The van der Waals surface area contributed by atoms with Crippen LogP contribution in [0.1, 0.15) is 13.8 Å². The van der Waals surface area contributed by atoms with E-state index in [9.17, 15) is 13.2 Å². The average molecular weight is 299 g/mol. The highest BCUT2D eigenvalue weighted by molar-refractivity contribution is 5.54. The van der Waals surface area contributed by atoms with Crippen LogP contribution in [0.3, 0.4) is 0 Å². The Bertz CT molecular complexity index is 642. The molecule has 0 aliphatic heterocycles. The van der Waals surface area contributed by atoms with Crippen LogP contribution in [0.15, 0.2) is 12.1 Å². The molecule has 0 amide bonds. The smallest absolute Gasteiger partial charge is 0.323 e. The van der Waals surface area contributed by atoms with Crippen LogP contribution < -0.4 is 15.8 Å². The Morgan fingerprint density at radius 2 is 1.71 bits per heavy atom. The van der Waals surface area contributed by atoms with Gasteiger partial charge in [-0.1, -0.05) is 0 Å². The number of hydrogen-bond acceptors (Lipinski definition) is 6. The molecule has 1 heterocycles. The van der Waals surface area contributed by atoms with Crippen molar-refractivity contribution in [3.8, 4) is 6.01 Å². The largest absolute Gasteiger partial charge is 0.461 e. The van der Waals surface area contributed by atoms with Gasteiger partial charge < -0.3 is 15.8 Å². The summed E-state index contributed by atoms with van der Waals surface area (Å²) in [5.41, 5.74) is 5.41. The summed E-state index contributed by atoms with van der Waals surface area (Å²) in [7, 11) is 0. The van der Waals surface area contributed by atoms with Gasteiger partial charge in [-0.2, -0.15) is 15.0 Å². The molecule has 0 atom stereocenters. The molecule has 0 fully saturated rings. The van der Waals surface area contributed by atoms with Crippen molar-refractivity contribution in [3.05, 3.63) is 29.6 Å². The molecule has 21 heavy (non-hydrogen) atoms. The predicted molar refractivity (Wildman–Crippen MR) is 69.6 cm³/mol. The lowest BCUT2D eigenvalue weighted by atomic mass is 10.3. The predicted octanol–water partition coefficient (Wildman–Crippen LogP) is 2.40. The molecule has 0 saturated heterocycles. The minimum absolute atomic E-state index is 0.0388. The second-order valence-electron chi connectivity index (χ2n) is 4.35. The zero-order valence-electron chi connectivity index (χ0n) is 11.2. The van der Waals surface area contributed by atoms with E-state index in [0.29, 0.717) is 0 Å². The van der Waals surface area contributed by atoms with Crippen molar-refractivity contribution in [1.29, 1.82) is 0 Å². The third-order valence-corrected chi connectivity index (χ3v) is 2.21. The molecule has 0 bridgehead atoms. The number of nitrogens with zero attached hydrogens (tertiary/aromatic N) is 3. The number of benzene rings is 1. The van der Waals surface area contributed by atoms with Crippen LogP contribution in [-0.4, -0.2) is 21.1 Å². The molecule has 9 heteroatoms. The summed E-state index contributed by atoms with van der Waals surface area (Å²) in [6.45, 7) is 3.52. The van der Waals surface area contributed by atoms with Crippen LogP contribution in [0.2, 0.25) is 0 Å². The van der Waals surface area contributed by atoms with E-state index in [-0.39, 0.29) is 29.7 Å². The number of rotatable bonds is 4. The molecule has 6 nitrogen and oxygen atoms in total. The summed E-state index contributed by atoms with van der Waals surface area (Å²) >= 11 is 0. The summed E-state index contributed by atoms with van der Waals surface area (Å²) in [4.78, 5) is 11.4. The lowest BCUT2D eigenvalue weighted by Gasteiger charge is -2.10. The first-order chi connectivity index (χ1) is 9.85. The summed E-state index contributed by atoms with van der Waals surface area (Å²) in [5.74, 6) is -4.44. The van der Waals surface area contributed by atoms with Crippen molar-refractivity contribution in [3.63, 3.8) is 0 Å². The second-order valence-corrected chi connectivity index (χ2v) is 4.35. The van der Waals surface area contributed by atoms with Crippen LogP contribution >= 0.6 is 0 Å². The van der Waals surface area contributed by atoms with Gasteiger partial charge in [0.05, 0.1) is 6.10 Å². The first-order valence-electron chi connectivity index (χ1n) is 5.95. The van der Waals surface area contributed by atoms with Crippen LogP contribution in [-0.2, 0) is 0 Å². The van der Waals surface area contributed by atoms with Crippen molar-refractivity contribution in [1.82, 2.24) is 15.0 Å². The number of halogens is 3. The molecule has 1 aromatic carbocycles. The number of nitrogen functional groups attached to an aromatic ring is 1. The van der Waals surface area contributed by atoms with Crippen molar-refractivity contribution >= 4 is 17.6 Å². The fourth-order valence-corrected chi connectivity index (χ4v) is 1.45. The van der Waals surface area contributed by atoms with Crippen LogP contribution in [0.4, 0.5) is 30.8 Å². The van der Waals surface area contributed by atoms with E-state index in [1.807, 2.05) is 0 Å². The normalized spacial score (nSPS) is 10.8. The number of nitrogens with two attached hydrogens (primary N) is 1. The third kappa shape index (κ3) is 3.71. The standard InChI is InChI=1S/C12H12F3N5O/c1-5(2)21-12-19-10(16)18-11(20-12)17-6-3-7(13)9(15)8(14)4-6/h3-5H,1-2H3,(H3,16,17,18,19,20). The SMILES string of the molecule is CC(C)Oc1nc(N)nc(Nc2cc(F)c(F)c(F)c2)n1. The molecule has 1 aromatic heterocycles. The topological polar surface area (TPSA) is 86.0 Å². The molecule has 0 aliphatic carbocycles. The first kappa shape index (κ1) is 14.8. The van der Waals surface area contributed by atoms with Crippen molar-refractivity contribution in [2.24, 2.45) is 0 Å². The van der Waals surface area contributed by atoms with E-state index in [4.69, 9.17) is 10.5 Å². The molecular weight excluding hydrogens is 287 g/mol. The Balaban J connectivity index is 2.29. The molecule has 0 radical (unpaired) electrons. The van der Waals surface area contributed by atoms with Crippen molar-refractivity contribution in [2.45, 2.75) is 20.0 Å². The molecule has 3 N–H and O–H groups in total. The van der Waals surface area contributed by atoms with Gasteiger partial charge in [-0.05, 0) is 13.8 Å². The van der Waals surface area contributed by atoms with Crippen LogP contribution in [0.25, 0.3) is 0 Å². The quantitative estimate of drug-likeness (QED) is 0.843. The third-order valence-electron chi connectivity index (χ3n) is 2.21.